The first-order valence-corrected chi connectivity index (χ1v) is 17.1. The first kappa shape index (κ1) is 27.9. The second-order valence-electron chi connectivity index (χ2n) is 13.0. The number of aromatic nitrogens is 3. The summed E-state index contributed by atoms with van der Waals surface area (Å²) in [6.07, 6.45) is 0. The molecule has 0 saturated heterocycles. The second kappa shape index (κ2) is 10.8. The van der Waals surface area contributed by atoms with Gasteiger partial charge in [-0.15, -0.1) is 0 Å². The first-order chi connectivity index (χ1) is 25.3. The Labute approximate surface area is 291 Å². The fourth-order valence-electron chi connectivity index (χ4n) is 7.66. The molecule has 5 nitrogen and oxygen atoms in total. The highest BCUT2D eigenvalue weighted by Gasteiger charge is 2.22. The van der Waals surface area contributed by atoms with Crippen molar-refractivity contribution in [2.45, 2.75) is 0 Å². The van der Waals surface area contributed by atoms with E-state index in [9.17, 15) is 0 Å². The molecule has 0 aliphatic rings. The van der Waals surface area contributed by atoms with Crippen LogP contribution in [0.3, 0.4) is 0 Å². The zero-order valence-corrected chi connectivity index (χ0v) is 27.2. The highest BCUT2D eigenvalue weighted by molar-refractivity contribution is 6.14. The van der Waals surface area contributed by atoms with Crippen LogP contribution in [0.25, 0.3) is 105 Å². The Morgan fingerprint density at radius 2 is 1.06 bits per heavy atom. The predicted molar refractivity (Wildman–Crippen MR) is 207 cm³/mol. The molecule has 11 rings (SSSR count). The van der Waals surface area contributed by atoms with E-state index in [1.54, 1.807) is 0 Å². The van der Waals surface area contributed by atoms with Crippen LogP contribution >= 0.6 is 0 Å². The van der Waals surface area contributed by atoms with Crippen molar-refractivity contribution in [1.29, 1.82) is 0 Å². The van der Waals surface area contributed by atoms with Gasteiger partial charge in [0.1, 0.15) is 28.0 Å². The van der Waals surface area contributed by atoms with Crippen molar-refractivity contribution >= 4 is 65.8 Å². The van der Waals surface area contributed by atoms with Crippen LogP contribution in [0, 0.1) is 0 Å². The van der Waals surface area contributed by atoms with Gasteiger partial charge in [0.25, 0.3) is 0 Å². The number of hydrogen-bond acceptors (Lipinski definition) is 4. The molecule has 0 atom stereocenters. The van der Waals surface area contributed by atoms with Crippen molar-refractivity contribution in [3.63, 3.8) is 0 Å². The molecule has 0 saturated carbocycles. The van der Waals surface area contributed by atoms with Crippen molar-refractivity contribution in [2.75, 3.05) is 0 Å². The Morgan fingerprint density at radius 1 is 0.412 bits per heavy atom. The molecule has 7 aromatic carbocycles. The van der Waals surface area contributed by atoms with Crippen molar-refractivity contribution < 1.29 is 8.83 Å². The van der Waals surface area contributed by atoms with Crippen LogP contribution in [0.2, 0.25) is 0 Å². The summed E-state index contributed by atoms with van der Waals surface area (Å²) in [5, 5.41) is 5.48. The van der Waals surface area contributed by atoms with Crippen molar-refractivity contribution in [1.82, 2.24) is 14.5 Å². The summed E-state index contributed by atoms with van der Waals surface area (Å²) < 4.78 is 15.5. The SMILES string of the molecule is c1ccc(-c2nc(-c3cccc4c3oc3ccccc34)c3oc4ccc(-c5ccc6c(c5)c5ccccc5n6-c5ccccc5)cc4c3n2)cc1. The molecule has 238 valence electrons. The van der Waals surface area contributed by atoms with E-state index in [1.807, 2.05) is 48.5 Å². The van der Waals surface area contributed by atoms with Crippen LogP contribution in [0.5, 0.6) is 0 Å². The van der Waals surface area contributed by atoms with Crippen LogP contribution < -0.4 is 0 Å². The molecule has 0 aliphatic heterocycles. The van der Waals surface area contributed by atoms with Gasteiger partial charge in [-0.2, -0.15) is 0 Å². The van der Waals surface area contributed by atoms with Crippen molar-refractivity contribution in [2.24, 2.45) is 0 Å². The maximum Gasteiger partial charge on any atom is 0.180 e. The highest BCUT2D eigenvalue weighted by atomic mass is 16.3. The largest absolute Gasteiger partial charge is 0.455 e. The molecule has 51 heavy (non-hydrogen) atoms. The third-order valence-corrected chi connectivity index (χ3v) is 10.0. The molecular weight excluding hydrogens is 627 g/mol. The summed E-state index contributed by atoms with van der Waals surface area (Å²) >= 11 is 0. The van der Waals surface area contributed by atoms with Gasteiger partial charge in [0.2, 0.25) is 0 Å². The summed E-state index contributed by atoms with van der Waals surface area (Å²) in [5.41, 5.74) is 12.0. The molecular formula is C46H27N3O2. The van der Waals surface area contributed by atoms with Gasteiger partial charge in [-0.1, -0.05) is 109 Å². The van der Waals surface area contributed by atoms with Crippen LogP contribution in [-0.4, -0.2) is 14.5 Å². The second-order valence-corrected chi connectivity index (χ2v) is 13.0. The molecule has 0 spiro atoms. The summed E-state index contributed by atoms with van der Waals surface area (Å²) in [6, 6.07) is 56.8. The van der Waals surface area contributed by atoms with E-state index < -0.39 is 0 Å². The zero-order valence-electron chi connectivity index (χ0n) is 27.2. The lowest BCUT2D eigenvalue weighted by Gasteiger charge is -2.08. The molecule has 0 bridgehead atoms. The predicted octanol–water partition coefficient (Wildman–Crippen LogP) is 12.4. The van der Waals surface area contributed by atoms with Gasteiger partial charge in [0, 0.05) is 43.7 Å². The third kappa shape index (κ3) is 4.22. The lowest BCUT2D eigenvalue weighted by Crippen LogP contribution is -1.94. The van der Waals surface area contributed by atoms with E-state index in [1.165, 1.54) is 21.8 Å². The van der Waals surface area contributed by atoms with Gasteiger partial charge in [0.15, 0.2) is 11.4 Å². The van der Waals surface area contributed by atoms with Gasteiger partial charge in [-0.3, -0.25) is 0 Å². The van der Waals surface area contributed by atoms with Gasteiger partial charge in [0.05, 0.1) is 11.0 Å². The monoisotopic (exact) mass is 653 g/mol. The van der Waals surface area contributed by atoms with Crippen LogP contribution in [0.1, 0.15) is 0 Å². The van der Waals surface area contributed by atoms with E-state index >= 15 is 0 Å². The number of furan rings is 2. The normalized spacial score (nSPS) is 11.9. The zero-order chi connectivity index (χ0) is 33.5. The Balaban J connectivity index is 1.14. The average molecular weight is 654 g/mol. The molecule has 11 aromatic rings. The third-order valence-electron chi connectivity index (χ3n) is 10.0. The minimum Gasteiger partial charge on any atom is -0.455 e. The minimum atomic E-state index is 0.634. The maximum absolute atomic E-state index is 6.65. The Kier molecular flexibility index (Phi) is 5.89. The van der Waals surface area contributed by atoms with Crippen molar-refractivity contribution in [3.05, 3.63) is 164 Å². The van der Waals surface area contributed by atoms with E-state index in [0.717, 1.165) is 66.4 Å². The number of hydrogen-bond donors (Lipinski definition) is 0. The average Bonchev–Trinajstić information content (AvgIpc) is 3.87. The van der Waals surface area contributed by atoms with Gasteiger partial charge in [-0.25, -0.2) is 9.97 Å². The number of benzene rings is 7. The summed E-state index contributed by atoms with van der Waals surface area (Å²) in [7, 11) is 0. The number of rotatable bonds is 4. The molecule has 5 heteroatoms. The van der Waals surface area contributed by atoms with E-state index in [4.69, 9.17) is 18.8 Å². The summed E-state index contributed by atoms with van der Waals surface area (Å²) in [6.45, 7) is 0. The number of fused-ring (bicyclic) bond motifs is 9. The molecule has 0 amide bonds. The fourth-order valence-corrected chi connectivity index (χ4v) is 7.66. The maximum atomic E-state index is 6.65. The fraction of sp³-hybridized carbons (Fsp3) is 0. The lowest BCUT2D eigenvalue weighted by atomic mass is 10.0. The summed E-state index contributed by atoms with van der Waals surface area (Å²) in [4.78, 5) is 10.3. The molecule has 0 aliphatic carbocycles. The van der Waals surface area contributed by atoms with Gasteiger partial charge >= 0.3 is 0 Å². The molecule has 0 fully saturated rings. The summed E-state index contributed by atoms with van der Waals surface area (Å²) in [5.74, 6) is 0.634. The van der Waals surface area contributed by atoms with Crippen LogP contribution in [-0.2, 0) is 0 Å². The molecule has 0 unspecified atom stereocenters. The number of nitrogens with zero attached hydrogens (tertiary/aromatic N) is 3. The van der Waals surface area contributed by atoms with Gasteiger partial charge in [-0.05, 0) is 65.7 Å². The Hall–Kier alpha value is -6.98. The lowest BCUT2D eigenvalue weighted by molar-refractivity contribution is 0.663. The van der Waals surface area contributed by atoms with Crippen LogP contribution in [0.15, 0.2) is 173 Å². The van der Waals surface area contributed by atoms with Crippen LogP contribution in [0.4, 0.5) is 0 Å². The molecule has 0 N–H and O–H groups in total. The minimum absolute atomic E-state index is 0.634. The smallest absolute Gasteiger partial charge is 0.180 e. The standard InChI is InChI=1S/C46H27N3O2/c1-3-12-28(13-4-1)46-47-42(35-19-11-18-34-33-17-8-10-21-40(33)50-44(34)35)45-43(48-46)37-27-30(23-25-41(37)51-45)29-22-24-39-36(26-29)32-16-7-9-20-38(32)49(39)31-14-5-2-6-15-31/h1-27H. The Bertz CT molecular complexity index is 3130. The quantitative estimate of drug-likeness (QED) is 0.190. The number of para-hydroxylation sites is 4. The van der Waals surface area contributed by atoms with Gasteiger partial charge < -0.3 is 13.4 Å². The first-order valence-electron chi connectivity index (χ1n) is 17.1. The van der Waals surface area contributed by atoms with E-state index in [-0.39, 0.29) is 0 Å². The highest BCUT2D eigenvalue weighted by Crippen LogP contribution is 2.42. The van der Waals surface area contributed by atoms with E-state index in [2.05, 4.69) is 120 Å². The topological polar surface area (TPSA) is 57.0 Å². The van der Waals surface area contributed by atoms with Crippen molar-refractivity contribution in [3.8, 4) is 39.5 Å². The molecule has 0 radical (unpaired) electrons. The molecule has 4 heterocycles. The van der Waals surface area contributed by atoms with E-state index in [0.29, 0.717) is 17.1 Å². The molecule has 4 aromatic heterocycles. The Morgan fingerprint density at radius 3 is 1.92 bits per heavy atom.